The number of ether oxygens (including phenoxy) is 2. The number of nitrogens with zero attached hydrogens (tertiary/aromatic N) is 1. The van der Waals surface area contributed by atoms with E-state index in [2.05, 4.69) is 10.3 Å². The van der Waals surface area contributed by atoms with Crippen molar-refractivity contribution in [2.75, 3.05) is 17.8 Å². The minimum absolute atomic E-state index is 0.276. The highest BCUT2D eigenvalue weighted by atomic mass is 35.5. The van der Waals surface area contributed by atoms with Crippen molar-refractivity contribution in [1.82, 2.24) is 4.98 Å². The van der Waals surface area contributed by atoms with Crippen molar-refractivity contribution in [2.24, 2.45) is 0 Å². The quantitative estimate of drug-likeness (QED) is 0.903. The first-order valence-electron chi connectivity index (χ1n) is 5.76. The monoisotopic (exact) mass is 277 g/mol. The molecule has 0 radical (unpaired) electrons. The van der Waals surface area contributed by atoms with Crippen LogP contribution in [0.4, 0.5) is 11.5 Å². The number of halogens is 1. The van der Waals surface area contributed by atoms with Crippen LogP contribution < -0.4 is 20.5 Å². The van der Waals surface area contributed by atoms with Crippen molar-refractivity contribution >= 4 is 23.1 Å². The number of hydrogen-bond acceptors (Lipinski definition) is 5. The Kier molecular flexibility index (Phi) is 3.05. The van der Waals surface area contributed by atoms with E-state index >= 15 is 0 Å². The van der Waals surface area contributed by atoms with Crippen molar-refractivity contribution in [3.8, 4) is 11.5 Å². The summed E-state index contributed by atoms with van der Waals surface area (Å²) >= 11 is 5.80. The van der Waals surface area contributed by atoms with Crippen molar-refractivity contribution in [3.63, 3.8) is 0 Å². The fourth-order valence-corrected chi connectivity index (χ4v) is 2.01. The lowest BCUT2D eigenvalue weighted by Gasteiger charge is -2.09. The average molecular weight is 278 g/mol. The van der Waals surface area contributed by atoms with E-state index in [-0.39, 0.29) is 6.79 Å². The summed E-state index contributed by atoms with van der Waals surface area (Å²) in [5.74, 6) is 2.14. The maximum absolute atomic E-state index is 5.82. The van der Waals surface area contributed by atoms with Crippen LogP contribution in [0.25, 0.3) is 0 Å². The van der Waals surface area contributed by atoms with Gasteiger partial charge in [-0.3, -0.25) is 0 Å². The third-order valence-corrected chi connectivity index (χ3v) is 2.99. The second-order valence-electron chi connectivity index (χ2n) is 4.13. The minimum Gasteiger partial charge on any atom is -0.454 e. The van der Waals surface area contributed by atoms with Crippen LogP contribution in [0.3, 0.4) is 0 Å². The summed E-state index contributed by atoms with van der Waals surface area (Å²) in [4.78, 5) is 4.14. The molecule has 0 amide bonds. The van der Waals surface area contributed by atoms with Crippen molar-refractivity contribution in [1.29, 1.82) is 0 Å². The zero-order valence-corrected chi connectivity index (χ0v) is 10.8. The molecule has 0 spiro atoms. The van der Waals surface area contributed by atoms with Gasteiger partial charge in [0.1, 0.15) is 5.82 Å². The van der Waals surface area contributed by atoms with Crippen LogP contribution in [0, 0.1) is 0 Å². The molecule has 1 aliphatic rings. The minimum atomic E-state index is 0.276. The zero-order valence-electron chi connectivity index (χ0n) is 10.0. The molecule has 0 bridgehead atoms. The fourth-order valence-electron chi connectivity index (χ4n) is 1.84. The number of anilines is 2. The van der Waals surface area contributed by atoms with Gasteiger partial charge in [0, 0.05) is 12.7 Å². The van der Waals surface area contributed by atoms with Crippen LogP contribution in [0.1, 0.15) is 5.56 Å². The van der Waals surface area contributed by atoms with E-state index in [9.17, 15) is 0 Å². The Morgan fingerprint density at radius 1 is 1.26 bits per heavy atom. The lowest BCUT2D eigenvalue weighted by atomic mass is 10.2. The van der Waals surface area contributed by atoms with E-state index in [0.29, 0.717) is 23.1 Å². The summed E-state index contributed by atoms with van der Waals surface area (Å²) in [7, 11) is 0. The molecule has 1 aromatic heterocycles. The van der Waals surface area contributed by atoms with Crippen LogP contribution in [0.5, 0.6) is 11.5 Å². The predicted octanol–water partition coefficient (Wildman–Crippen LogP) is 2.66. The maximum atomic E-state index is 5.82. The summed E-state index contributed by atoms with van der Waals surface area (Å²) in [5.41, 5.74) is 7.40. The first-order valence-corrected chi connectivity index (χ1v) is 6.13. The van der Waals surface area contributed by atoms with Gasteiger partial charge in [0.15, 0.2) is 11.5 Å². The number of pyridine rings is 1. The lowest BCUT2D eigenvalue weighted by Crippen LogP contribution is -2.04. The molecule has 0 atom stereocenters. The van der Waals surface area contributed by atoms with Gasteiger partial charge in [0.2, 0.25) is 6.79 Å². The Balaban J connectivity index is 1.72. The zero-order chi connectivity index (χ0) is 13.2. The molecule has 19 heavy (non-hydrogen) atoms. The molecule has 0 saturated carbocycles. The van der Waals surface area contributed by atoms with E-state index in [1.54, 1.807) is 12.3 Å². The molecule has 3 N–H and O–H groups in total. The number of rotatable bonds is 3. The molecule has 0 fully saturated rings. The highest BCUT2D eigenvalue weighted by Crippen LogP contribution is 2.32. The Hall–Kier alpha value is -2.14. The molecule has 2 heterocycles. The highest BCUT2D eigenvalue weighted by Gasteiger charge is 2.13. The van der Waals surface area contributed by atoms with E-state index in [1.165, 1.54) is 0 Å². The summed E-state index contributed by atoms with van der Waals surface area (Å²) in [6.07, 6.45) is 1.56. The smallest absolute Gasteiger partial charge is 0.231 e. The van der Waals surface area contributed by atoms with Gasteiger partial charge >= 0.3 is 0 Å². The molecule has 5 nitrogen and oxygen atoms in total. The molecule has 2 aromatic rings. The van der Waals surface area contributed by atoms with E-state index in [4.69, 9.17) is 26.8 Å². The van der Waals surface area contributed by atoms with Gasteiger partial charge in [-0.15, -0.1) is 0 Å². The van der Waals surface area contributed by atoms with Crippen LogP contribution >= 0.6 is 11.6 Å². The Morgan fingerprint density at radius 3 is 2.95 bits per heavy atom. The number of nitrogens with two attached hydrogens (primary N) is 1. The van der Waals surface area contributed by atoms with Gasteiger partial charge in [0.05, 0.1) is 10.7 Å². The van der Waals surface area contributed by atoms with Gasteiger partial charge in [-0.1, -0.05) is 17.7 Å². The van der Waals surface area contributed by atoms with Crippen LogP contribution in [0.2, 0.25) is 5.02 Å². The lowest BCUT2D eigenvalue weighted by molar-refractivity contribution is 0.174. The Labute approximate surface area is 115 Å². The molecule has 1 aromatic carbocycles. The van der Waals surface area contributed by atoms with Crippen molar-refractivity contribution in [2.45, 2.75) is 6.54 Å². The Morgan fingerprint density at radius 2 is 2.11 bits per heavy atom. The summed E-state index contributed by atoms with van der Waals surface area (Å²) < 4.78 is 10.6. The molecular weight excluding hydrogens is 266 g/mol. The van der Waals surface area contributed by atoms with E-state index in [1.807, 2.05) is 18.2 Å². The number of benzene rings is 1. The first-order chi connectivity index (χ1) is 9.22. The number of fused-ring (bicyclic) bond motifs is 1. The summed E-state index contributed by atoms with van der Waals surface area (Å²) in [6, 6.07) is 7.45. The number of nitrogens with one attached hydrogen (secondary N) is 1. The second-order valence-corrected chi connectivity index (χ2v) is 4.57. The average Bonchev–Trinajstić information content (AvgIpc) is 2.85. The molecule has 3 rings (SSSR count). The number of nitrogen functional groups attached to an aromatic ring is 1. The topological polar surface area (TPSA) is 69.4 Å². The van der Waals surface area contributed by atoms with Gasteiger partial charge in [-0.2, -0.15) is 0 Å². The highest BCUT2D eigenvalue weighted by molar-refractivity contribution is 6.30. The first kappa shape index (κ1) is 11.9. The normalized spacial score (nSPS) is 12.5. The van der Waals surface area contributed by atoms with Gasteiger partial charge in [-0.05, 0) is 23.8 Å². The number of hydrogen-bond donors (Lipinski definition) is 2. The fraction of sp³-hybridized carbons (Fsp3) is 0.154. The molecular formula is C13H12ClN3O2. The summed E-state index contributed by atoms with van der Waals surface area (Å²) in [6.45, 7) is 0.868. The molecule has 6 heteroatoms. The van der Waals surface area contributed by atoms with Crippen LogP contribution in [0.15, 0.2) is 30.5 Å². The van der Waals surface area contributed by atoms with E-state index < -0.39 is 0 Å². The predicted molar refractivity (Wildman–Crippen MR) is 73.6 cm³/mol. The molecule has 0 saturated heterocycles. The van der Waals surface area contributed by atoms with Gasteiger partial charge < -0.3 is 20.5 Å². The van der Waals surface area contributed by atoms with Crippen LogP contribution in [-0.4, -0.2) is 11.8 Å². The maximum Gasteiger partial charge on any atom is 0.231 e. The van der Waals surface area contributed by atoms with E-state index in [0.717, 1.165) is 17.1 Å². The third kappa shape index (κ3) is 2.51. The van der Waals surface area contributed by atoms with Crippen LogP contribution in [-0.2, 0) is 6.54 Å². The van der Waals surface area contributed by atoms with Crippen molar-refractivity contribution in [3.05, 3.63) is 41.0 Å². The summed E-state index contributed by atoms with van der Waals surface area (Å²) in [5, 5.41) is 3.68. The van der Waals surface area contributed by atoms with Gasteiger partial charge in [0.25, 0.3) is 0 Å². The largest absolute Gasteiger partial charge is 0.454 e. The molecule has 0 aliphatic carbocycles. The standard InChI is InChI=1S/C13H12ClN3O2/c14-9-4-10(15)13(17-6-9)16-5-8-1-2-11-12(3-8)19-7-18-11/h1-4,6H,5,7,15H2,(H,16,17). The second kappa shape index (κ2) is 4.85. The number of aromatic nitrogens is 1. The molecule has 98 valence electrons. The third-order valence-electron chi connectivity index (χ3n) is 2.78. The van der Waals surface area contributed by atoms with Crippen molar-refractivity contribution < 1.29 is 9.47 Å². The molecule has 1 aliphatic heterocycles. The van der Waals surface area contributed by atoms with Gasteiger partial charge in [-0.25, -0.2) is 4.98 Å². The Bertz CT molecular complexity index is 619. The SMILES string of the molecule is Nc1cc(Cl)cnc1NCc1ccc2c(c1)OCO2. The molecule has 0 unspecified atom stereocenters.